The number of rotatable bonds is 6. The number of aromatic nitrogens is 1. The van der Waals surface area contributed by atoms with Crippen molar-refractivity contribution in [3.05, 3.63) is 52.7 Å². The number of fused-ring (bicyclic) bond motifs is 1. The molecule has 1 amide bonds. The van der Waals surface area contributed by atoms with Gasteiger partial charge < -0.3 is 14.8 Å². The van der Waals surface area contributed by atoms with Gasteiger partial charge >= 0.3 is 18.4 Å². The Kier molecular flexibility index (Phi) is 7.83. The first kappa shape index (κ1) is 26.6. The van der Waals surface area contributed by atoms with Crippen LogP contribution >= 0.6 is 0 Å². The predicted octanol–water partition coefficient (Wildman–Crippen LogP) is 6.10. The Labute approximate surface area is 198 Å². The van der Waals surface area contributed by atoms with Gasteiger partial charge in [0, 0.05) is 18.7 Å². The number of anilines is 1. The molecule has 1 aliphatic heterocycles. The fraction of sp³-hybridized carbons (Fsp3) is 0.478. The van der Waals surface area contributed by atoms with E-state index in [9.17, 15) is 31.1 Å². The lowest BCUT2D eigenvalue weighted by Crippen LogP contribution is -2.47. The molecule has 1 aliphatic rings. The molecular weight excluding hydrogens is 480 g/mol. The minimum atomic E-state index is -4.93. The predicted molar refractivity (Wildman–Crippen MR) is 115 cm³/mol. The maximum Gasteiger partial charge on any atom is 0.416 e. The van der Waals surface area contributed by atoms with Gasteiger partial charge in [-0.3, -0.25) is 4.90 Å². The fourth-order valence-corrected chi connectivity index (χ4v) is 4.04. The van der Waals surface area contributed by atoms with Crippen LogP contribution in [0.3, 0.4) is 0 Å². The van der Waals surface area contributed by atoms with E-state index in [4.69, 9.17) is 9.47 Å². The van der Waals surface area contributed by atoms with Crippen LogP contribution in [0.15, 0.2) is 30.3 Å². The topological polar surface area (TPSA) is 63.7 Å². The van der Waals surface area contributed by atoms with Crippen LogP contribution in [0.2, 0.25) is 0 Å². The van der Waals surface area contributed by atoms with Crippen molar-refractivity contribution < 1.29 is 40.6 Å². The van der Waals surface area contributed by atoms with Gasteiger partial charge in [-0.25, -0.2) is 9.78 Å². The van der Waals surface area contributed by atoms with Crippen molar-refractivity contribution in [2.45, 2.75) is 57.7 Å². The van der Waals surface area contributed by atoms with Crippen LogP contribution in [-0.2, 0) is 23.6 Å². The van der Waals surface area contributed by atoms with Crippen molar-refractivity contribution in [1.29, 1.82) is 0 Å². The number of nitrogens with zero attached hydrogens (tertiary/aromatic N) is 2. The SMILES string of the molecule is CCOC(=O)N1c2ccc(OC)nc2[C@@H](NCc2cc(C(F)(F)F)cc(C(F)(F)F)c2)C[C@H]1CC. The van der Waals surface area contributed by atoms with E-state index in [1.807, 2.05) is 6.92 Å². The molecule has 35 heavy (non-hydrogen) atoms. The third-order valence-corrected chi connectivity index (χ3v) is 5.68. The number of carbonyl (C=O) groups excluding carboxylic acids is 1. The van der Waals surface area contributed by atoms with E-state index < -0.39 is 35.6 Å². The molecule has 12 heteroatoms. The third kappa shape index (κ3) is 5.98. The molecule has 2 aromatic rings. The summed E-state index contributed by atoms with van der Waals surface area (Å²) in [6.07, 6.45) is -9.59. The Morgan fingerprint density at radius 2 is 1.71 bits per heavy atom. The first-order chi connectivity index (χ1) is 16.4. The molecule has 1 aromatic carbocycles. The highest BCUT2D eigenvalue weighted by Crippen LogP contribution is 2.40. The summed E-state index contributed by atoms with van der Waals surface area (Å²) >= 11 is 0. The van der Waals surface area contributed by atoms with Crippen LogP contribution in [0.25, 0.3) is 0 Å². The van der Waals surface area contributed by atoms with E-state index in [0.717, 1.165) is 0 Å². The number of carbonyl (C=O) groups is 1. The number of nitrogens with one attached hydrogen (secondary N) is 1. The van der Waals surface area contributed by atoms with Gasteiger partial charge in [-0.2, -0.15) is 26.3 Å². The smallest absolute Gasteiger partial charge is 0.416 e. The molecule has 1 N–H and O–H groups in total. The number of halogens is 6. The molecule has 1 aromatic heterocycles. The van der Waals surface area contributed by atoms with Crippen LogP contribution in [0, 0.1) is 0 Å². The molecule has 2 atom stereocenters. The fourth-order valence-electron chi connectivity index (χ4n) is 4.04. The van der Waals surface area contributed by atoms with E-state index in [1.54, 1.807) is 19.1 Å². The minimum absolute atomic E-state index is 0.0934. The van der Waals surface area contributed by atoms with Crippen molar-refractivity contribution in [2.75, 3.05) is 18.6 Å². The maximum absolute atomic E-state index is 13.2. The Hall–Kier alpha value is -3.02. The van der Waals surface area contributed by atoms with E-state index in [-0.39, 0.29) is 36.7 Å². The zero-order chi connectivity index (χ0) is 26.0. The van der Waals surface area contributed by atoms with Crippen LogP contribution in [0.1, 0.15) is 55.1 Å². The molecule has 2 heterocycles. The van der Waals surface area contributed by atoms with Crippen molar-refractivity contribution in [3.8, 4) is 5.88 Å². The molecular formula is C23H25F6N3O3. The average Bonchev–Trinajstić information content (AvgIpc) is 2.80. The van der Waals surface area contributed by atoms with Gasteiger partial charge in [0.2, 0.25) is 5.88 Å². The third-order valence-electron chi connectivity index (χ3n) is 5.68. The second kappa shape index (κ2) is 10.3. The molecule has 6 nitrogen and oxygen atoms in total. The second-order valence-electron chi connectivity index (χ2n) is 7.97. The largest absolute Gasteiger partial charge is 0.481 e. The highest BCUT2D eigenvalue weighted by molar-refractivity contribution is 5.90. The van der Waals surface area contributed by atoms with Crippen molar-refractivity contribution >= 4 is 11.8 Å². The molecule has 0 aliphatic carbocycles. The van der Waals surface area contributed by atoms with Gasteiger partial charge in [-0.05, 0) is 49.6 Å². The van der Waals surface area contributed by atoms with Gasteiger partial charge in [0.05, 0.1) is 42.3 Å². The van der Waals surface area contributed by atoms with Gasteiger partial charge in [-0.15, -0.1) is 0 Å². The summed E-state index contributed by atoms with van der Waals surface area (Å²) in [5.74, 6) is 0.243. The summed E-state index contributed by atoms with van der Waals surface area (Å²) in [5, 5.41) is 3.03. The van der Waals surface area contributed by atoms with Gasteiger partial charge in [-0.1, -0.05) is 6.92 Å². The van der Waals surface area contributed by atoms with Crippen molar-refractivity contribution in [3.63, 3.8) is 0 Å². The Morgan fingerprint density at radius 1 is 1.09 bits per heavy atom. The number of alkyl halides is 6. The summed E-state index contributed by atoms with van der Waals surface area (Å²) in [5.41, 5.74) is -2.14. The number of hydrogen-bond acceptors (Lipinski definition) is 5. The highest BCUT2D eigenvalue weighted by atomic mass is 19.4. The number of methoxy groups -OCH3 is 1. The molecule has 0 fully saturated rings. The molecule has 192 valence electrons. The normalized spacial score (nSPS) is 18.3. The van der Waals surface area contributed by atoms with Gasteiger partial charge in [0.25, 0.3) is 0 Å². The maximum atomic E-state index is 13.2. The monoisotopic (exact) mass is 505 g/mol. The number of hydrogen-bond donors (Lipinski definition) is 1. The first-order valence-electron chi connectivity index (χ1n) is 10.9. The standard InChI is InChI=1S/C23H25F6N3O3/c1-4-16-11-17(20-18(6-7-19(31-20)34-3)32(16)21(33)35-5-2)30-12-13-8-14(22(24,25)26)10-15(9-13)23(27,28)29/h6-10,16-17,30H,4-5,11-12H2,1-3H3/t16-,17+/m1/s1. The Bertz CT molecular complexity index is 1030. The summed E-state index contributed by atoms with van der Waals surface area (Å²) in [6.45, 7) is 3.40. The highest BCUT2D eigenvalue weighted by Gasteiger charge is 2.39. The molecule has 0 spiro atoms. The van der Waals surface area contributed by atoms with E-state index in [1.165, 1.54) is 12.0 Å². The average molecular weight is 505 g/mol. The van der Waals surface area contributed by atoms with Crippen LogP contribution < -0.4 is 15.0 Å². The molecule has 3 rings (SSSR count). The Morgan fingerprint density at radius 3 is 2.23 bits per heavy atom. The molecule has 0 bridgehead atoms. The van der Waals surface area contributed by atoms with Gasteiger partial charge in [0.1, 0.15) is 0 Å². The Balaban J connectivity index is 1.97. The second-order valence-corrected chi connectivity index (χ2v) is 7.97. The van der Waals surface area contributed by atoms with Crippen molar-refractivity contribution in [1.82, 2.24) is 10.3 Å². The number of pyridine rings is 1. The van der Waals surface area contributed by atoms with Crippen molar-refractivity contribution in [2.24, 2.45) is 0 Å². The quantitative estimate of drug-likeness (QED) is 0.481. The van der Waals surface area contributed by atoms with E-state index in [0.29, 0.717) is 36.4 Å². The lowest BCUT2D eigenvalue weighted by atomic mass is 9.93. The molecule has 0 saturated heterocycles. The van der Waals surface area contributed by atoms with Crippen LogP contribution in [0.4, 0.5) is 36.8 Å². The number of ether oxygens (including phenoxy) is 2. The zero-order valence-electron chi connectivity index (χ0n) is 19.3. The molecule has 0 radical (unpaired) electrons. The minimum Gasteiger partial charge on any atom is -0.481 e. The van der Waals surface area contributed by atoms with E-state index in [2.05, 4.69) is 10.3 Å². The number of benzene rings is 1. The number of amides is 1. The summed E-state index contributed by atoms with van der Waals surface area (Å²) in [4.78, 5) is 18.5. The molecule has 0 saturated carbocycles. The van der Waals surface area contributed by atoms with E-state index >= 15 is 0 Å². The molecule has 0 unspecified atom stereocenters. The van der Waals surface area contributed by atoms with Crippen LogP contribution in [0.5, 0.6) is 5.88 Å². The van der Waals surface area contributed by atoms with Gasteiger partial charge in [0.15, 0.2) is 0 Å². The summed E-state index contributed by atoms with van der Waals surface area (Å²) in [7, 11) is 1.40. The summed E-state index contributed by atoms with van der Waals surface area (Å²) < 4.78 is 89.7. The zero-order valence-corrected chi connectivity index (χ0v) is 19.3. The lowest BCUT2D eigenvalue weighted by molar-refractivity contribution is -0.143. The van der Waals surface area contributed by atoms with Crippen LogP contribution in [-0.4, -0.2) is 30.8 Å². The lowest BCUT2D eigenvalue weighted by Gasteiger charge is -2.39. The summed E-state index contributed by atoms with van der Waals surface area (Å²) in [6, 6.07) is 3.75. The first-order valence-corrected chi connectivity index (χ1v) is 10.9.